The molecule has 0 fully saturated rings. The maximum atomic E-state index is 11.7. The summed E-state index contributed by atoms with van der Waals surface area (Å²) in [5.74, 6) is 0.408. The molecule has 1 aromatic carbocycles. The van der Waals surface area contributed by atoms with Crippen LogP contribution in [0.15, 0.2) is 24.3 Å². The topological polar surface area (TPSA) is 70.2 Å². The number of nitrogens with one attached hydrogen (secondary N) is 3. The summed E-state index contributed by atoms with van der Waals surface area (Å²) in [6.45, 7) is 4.57. The van der Waals surface area contributed by atoms with Gasteiger partial charge in [0.1, 0.15) is 0 Å². The summed E-state index contributed by atoms with van der Waals surface area (Å²) < 4.78 is 0. The van der Waals surface area contributed by atoms with Crippen LogP contribution in [0.1, 0.15) is 12.5 Å². The highest BCUT2D eigenvalue weighted by Gasteiger charge is 2.07. The molecular formula is C15H24ClN3O2S. The van der Waals surface area contributed by atoms with E-state index in [4.69, 9.17) is 0 Å². The molecule has 1 rings (SSSR count). The van der Waals surface area contributed by atoms with Crippen molar-refractivity contribution in [2.45, 2.75) is 19.9 Å². The van der Waals surface area contributed by atoms with E-state index in [1.165, 1.54) is 11.8 Å². The van der Waals surface area contributed by atoms with Gasteiger partial charge in [0.05, 0.1) is 11.5 Å². The molecule has 1 atom stereocenters. The number of amides is 2. The number of likely N-dealkylation sites (N-methyl/N-ethyl adjacent to an activating group) is 1. The van der Waals surface area contributed by atoms with Gasteiger partial charge in [-0.15, -0.1) is 24.2 Å². The molecule has 0 saturated heterocycles. The molecule has 0 spiro atoms. The molecule has 0 aliphatic rings. The van der Waals surface area contributed by atoms with Crippen LogP contribution >= 0.6 is 24.2 Å². The lowest BCUT2D eigenvalue weighted by atomic mass is 10.2. The van der Waals surface area contributed by atoms with Crippen molar-refractivity contribution in [2.24, 2.45) is 0 Å². The van der Waals surface area contributed by atoms with E-state index in [1.807, 2.05) is 45.2 Å². The van der Waals surface area contributed by atoms with E-state index in [-0.39, 0.29) is 41.8 Å². The van der Waals surface area contributed by atoms with Crippen molar-refractivity contribution in [2.75, 3.05) is 30.4 Å². The number of benzene rings is 1. The van der Waals surface area contributed by atoms with Gasteiger partial charge in [-0.1, -0.05) is 17.7 Å². The number of rotatable bonds is 8. The first-order valence-corrected chi connectivity index (χ1v) is 8.05. The van der Waals surface area contributed by atoms with E-state index in [0.29, 0.717) is 6.54 Å². The summed E-state index contributed by atoms with van der Waals surface area (Å²) >= 11 is 1.31. The molecule has 22 heavy (non-hydrogen) atoms. The lowest BCUT2D eigenvalue weighted by Gasteiger charge is -2.11. The summed E-state index contributed by atoms with van der Waals surface area (Å²) in [5, 5.41) is 8.65. The number of halogens is 1. The molecule has 5 nitrogen and oxygen atoms in total. The maximum Gasteiger partial charge on any atom is 0.234 e. The Morgan fingerprint density at radius 1 is 1.14 bits per heavy atom. The van der Waals surface area contributed by atoms with E-state index in [1.54, 1.807) is 0 Å². The lowest BCUT2D eigenvalue weighted by Crippen LogP contribution is -2.38. The minimum atomic E-state index is -0.0970. The second-order valence-corrected chi connectivity index (χ2v) is 5.89. The summed E-state index contributed by atoms with van der Waals surface area (Å²) in [7, 11) is 1.85. The number of hydrogen-bond donors (Lipinski definition) is 3. The fourth-order valence-corrected chi connectivity index (χ4v) is 2.14. The molecule has 0 aliphatic carbocycles. The number of anilines is 1. The highest BCUT2D eigenvalue weighted by atomic mass is 35.5. The Balaban J connectivity index is 0.00000441. The largest absolute Gasteiger partial charge is 0.354 e. The second-order valence-electron chi connectivity index (χ2n) is 4.90. The van der Waals surface area contributed by atoms with E-state index < -0.39 is 0 Å². The SMILES string of the molecule is CNC(C)CNC(=O)CSCC(=O)Nc1ccc(C)cc1.Cl. The van der Waals surface area contributed by atoms with Crippen molar-refractivity contribution in [1.29, 1.82) is 0 Å². The number of carbonyl (C=O) groups excluding carboxylic acids is 2. The quantitative estimate of drug-likeness (QED) is 0.672. The molecule has 1 unspecified atom stereocenters. The van der Waals surface area contributed by atoms with Gasteiger partial charge < -0.3 is 16.0 Å². The minimum absolute atomic E-state index is 0. The van der Waals surface area contributed by atoms with Crippen molar-refractivity contribution >= 4 is 41.7 Å². The summed E-state index contributed by atoms with van der Waals surface area (Å²) in [4.78, 5) is 23.3. The lowest BCUT2D eigenvalue weighted by molar-refractivity contribution is -0.118. The fourth-order valence-electron chi connectivity index (χ4n) is 1.49. The fraction of sp³-hybridized carbons (Fsp3) is 0.467. The Morgan fingerprint density at radius 3 is 2.32 bits per heavy atom. The monoisotopic (exact) mass is 345 g/mol. The molecule has 1 aromatic rings. The average molecular weight is 346 g/mol. The van der Waals surface area contributed by atoms with Crippen LogP contribution in [0.3, 0.4) is 0 Å². The Hall–Kier alpha value is -1.24. The maximum absolute atomic E-state index is 11.7. The zero-order chi connectivity index (χ0) is 15.7. The third-order valence-electron chi connectivity index (χ3n) is 2.90. The van der Waals surface area contributed by atoms with Crippen LogP contribution in [0.5, 0.6) is 0 Å². The summed E-state index contributed by atoms with van der Waals surface area (Å²) in [6, 6.07) is 7.86. The molecule has 7 heteroatoms. The highest BCUT2D eigenvalue weighted by molar-refractivity contribution is 8.00. The van der Waals surface area contributed by atoms with E-state index >= 15 is 0 Å². The Kier molecular flexibility index (Phi) is 10.7. The predicted octanol–water partition coefficient (Wildman–Crippen LogP) is 1.81. The van der Waals surface area contributed by atoms with Gasteiger partial charge in [-0.05, 0) is 33.0 Å². The summed E-state index contributed by atoms with van der Waals surface area (Å²) in [6.07, 6.45) is 0. The van der Waals surface area contributed by atoms with Crippen LogP contribution in [0.4, 0.5) is 5.69 Å². The van der Waals surface area contributed by atoms with Crippen LogP contribution in [0.2, 0.25) is 0 Å². The Morgan fingerprint density at radius 2 is 1.73 bits per heavy atom. The second kappa shape index (κ2) is 11.3. The summed E-state index contributed by atoms with van der Waals surface area (Å²) in [5.41, 5.74) is 1.92. The van der Waals surface area contributed by atoms with Crippen molar-refractivity contribution in [3.63, 3.8) is 0 Å². The van der Waals surface area contributed by atoms with E-state index in [0.717, 1.165) is 11.3 Å². The van der Waals surface area contributed by atoms with Gasteiger partial charge in [0.25, 0.3) is 0 Å². The van der Waals surface area contributed by atoms with E-state index in [9.17, 15) is 9.59 Å². The van der Waals surface area contributed by atoms with E-state index in [2.05, 4.69) is 16.0 Å². The van der Waals surface area contributed by atoms with Crippen LogP contribution in [-0.4, -0.2) is 43.0 Å². The molecule has 2 amide bonds. The predicted molar refractivity (Wildman–Crippen MR) is 95.9 cm³/mol. The molecule has 0 saturated carbocycles. The smallest absolute Gasteiger partial charge is 0.234 e. The van der Waals surface area contributed by atoms with Crippen molar-refractivity contribution in [3.8, 4) is 0 Å². The average Bonchev–Trinajstić information content (AvgIpc) is 2.47. The third kappa shape index (κ3) is 8.92. The normalized spacial score (nSPS) is 11.2. The molecule has 0 aliphatic heterocycles. The van der Waals surface area contributed by atoms with Crippen LogP contribution in [-0.2, 0) is 9.59 Å². The first-order valence-electron chi connectivity index (χ1n) is 6.89. The number of hydrogen-bond acceptors (Lipinski definition) is 4. The number of carbonyl (C=O) groups is 2. The first kappa shape index (κ1) is 20.8. The molecular weight excluding hydrogens is 322 g/mol. The van der Waals surface area contributed by atoms with Gasteiger partial charge >= 0.3 is 0 Å². The van der Waals surface area contributed by atoms with Crippen molar-refractivity contribution in [1.82, 2.24) is 10.6 Å². The highest BCUT2D eigenvalue weighted by Crippen LogP contribution is 2.09. The van der Waals surface area contributed by atoms with Crippen LogP contribution in [0.25, 0.3) is 0 Å². The number of aryl methyl sites for hydroxylation is 1. The molecule has 0 radical (unpaired) electrons. The zero-order valence-corrected chi connectivity index (χ0v) is 14.8. The van der Waals surface area contributed by atoms with Gasteiger partial charge in [-0.2, -0.15) is 0 Å². The minimum Gasteiger partial charge on any atom is -0.354 e. The third-order valence-corrected chi connectivity index (χ3v) is 3.83. The molecule has 0 heterocycles. The van der Waals surface area contributed by atoms with Gasteiger partial charge in [0.2, 0.25) is 11.8 Å². The van der Waals surface area contributed by atoms with Gasteiger partial charge in [0, 0.05) is 18.3 Å². The first-order chi connectivity index (χ1) is 10.0. The van der Waals surface area contributed by atoms with Crippen LogP contribution in [0, 0.1) is 6.92 Å². The van der Waals surface area contributed by atoms with Gasteiger partial charge in [-0.3, -0.25) is 9.59 Å². The van der Waals surface area contributed by atoms with Gasteiger partial charge in [0.15, 0.2) is 0 Å². The Labute approximate surface area is 142 Å². The zero-order valence-electron chi connectivity index (χ0n) is 13.1. The van der Waals surface area contributed by atoms with Crippen molar-refractivity contribution in [3.05, 3.63) is 29.8 Å². The van der Waals surface area contributed by atoms with Crippen molar-refractivity contribution < 1.29 is 9.59 Å². The standard InChI is InChI=1S/C15H23N3O2S.ClH/c1-11-4-6-13(7-5-11)18-15(20)10-21-9-14(19)17-8-12(2)16-3;/h4-7,12,16H,8-10H2,1-3H3,(H,17,19)(H,18,20);1H. The molecule has 0 aromatic heterocycles. The van der Waals surface area contributed by atoms with Gasteiger partial charge in [-0.25, -0.2) is 0 Å². The Bertz CT molecular complexity index is 468. The molecule has 3 N–H and O–H groups in total. The molecule has 124 valence electrons. The van der Waals surface area contributed by atoms with Crippen LogP contribution < -0.4 is 16.0 Å². The molecule has 0 bridgehead atoms. The number of thioether (sulfide) groups is 1.